The zero-order valence-electron chi connectivity index (χ0n) is 15.4. The number of fused-ring (bicyclic) bond motifs is 1. The van der Waals surface area contributed by atoms with Gasteiger partial charge in [-0.05, 0) is 43.0 Å². The molecule has 0 fully saturated rings. The fraction of sp³-hybridized carbons (Fsp3) is 0.353. The molecule has 2 aromatic carbocycles. The molecule has 0 bridgehead atoms. The van der Waals surface area contributed by atoms with E-state index in [-0.39, 0.29) is 28.0 Å². The van der Waals surface area contributed by atoms with E-state index < -0.39 is 39.0 Å². The number of hydrogen-bond acceptors (Lipinski definition) is 6. The first kappa shape index (κ1) is 24.9. The van der Waals surface area contributed by atoms with Gasteiger partial charge in [-0.25, -0.2) is 4.79 Å². The van der Waals surface area contributed by atoms with Crippen molar-refractivity contribution >= 4 is 38.5 Å². The fourth-order valence-electron chi connectivity index (χ4n) is 2.42. The van der Waals surface area contributed by atoms with Crippen LogP contribution in [0.15, 0.2) is 24.3 Å². The summed E-state index contributed by atoms with van der Waals surface area (Å²) in [7, 11) is -5.56. The Kier molecular flexibility index (Phi) is 8.25. The molecule has 2 aromatic rings. The smallest absolute Gasteiger partial charge is 0.464 e. The summed E-state index contributed by atoms with van der Waals surface area (Å²) in [4.78, 5) is 11.9. The second-order valence-electron chi connectivity index (χ2n) is 5.44. The number of hydrogen-bond donors (Lipinski definition) is 1. The summed E-state index contributed by atoms with van der Waals surface area (Å²) in [5, 5.41) is 10.6. The van der Waals surface area contributed by atoms with Crippen LogP contribution in [0.2, 0.25) is 5.02 Å². The van der Waals surface area contributed by atoms with Crippen molar-refractivity contribution in [3.05, 3.63) is 40.4 Å². The number of benzene rings is 2. The molecule has 0 radical (unpaired) electrons. The van der Waals surface area contributed by atoms with E-state index in [2.05, 4.69) is 8.92 Å². The van der Waals surface area contributed by atoms with E-state index in [0.717, 1.165) is 0 Å². The Morgan fingerprint density at radius 1 is 1.24 bits per heavy atom. The summed E-state index contributed by atoms with van der Waals surface area (Å²) in [6, 6.07) is 5.32. The van der Waals surface area contributed by atoms with Gasteiger partial charge >= 0.3 is 21.6 Å². The number of alkyl halides is 4. The van der Waals surface area contributed by atoms with Gasteiger partial charge in [0.25, 0.3) is 0 Å². The van der Waals surface area contributed by atoms with Crippen molar-refractivity contribution in [3.63, 3.8) is 0 Å². The van der Waals surface area contributed by atoms with E-state index in [9.17, 15) is 35.9 Å². The van der Waals surface area contributed by atoms with Crippen LogP contribution in [0.4, 0.5) is 17.6 Å². The molecule has 0 aliphatic heterocycles. The number of aryl methyl sites for hydroxylation is 1. The summed E-state index contributed by atoms with van der Waals surface area (Å²) in [5.74, 6) is -1.98. The highest BCUT2D eigenvalue weighted by Gasteiger charge is 2.49. The summed E-state index contributed by atoms with van der Waals surface area (Å²) < 4.78 is 80.0. The van der Waals surface area contributed by atoms with E-state index >= 15 is 0 Å². The van der Waals surface area contributed by atoms with Gasteiger partial charge in [0.15, 0.2) is 11.9 Å². The number of carbonyl (C=O) groups is 1. The SMILES string of the molecule is CCOC(=O)C(O)c1c(C)cc2cc(Cl)ccc2c1OS(=O)(=O)C(F)(F)F.CF. The van der Waals surface area contributed by atoms with Crippen molar-refractivity contribution in [1.29, 1.82) is 0 Å². The van der Waals surface area contributed by atoms with Gasteiger partial charge in [0.1, 0.15) is 0 Å². The van der Waals surface area contributed by atoms with Gasteiger partial charge in [-0.2, -0.15) is 21.6 Å². The molecule has 0 aliphatic carbocycles. The summed E-state index contributed by atoms with van der Waals surface area (Å²) in [5.41, 5.74) is -6.05. The number of ether oxygens (including phenoxy) is 1. The van der Waals surface area contributed by atoms with Crippen molar-refractivity contribution in [2.45, 2.75) is 25.5 Å². The van der Waals surface area contributed by atoms with E-state index in [1.807, 2.05) is 0 Å². The second kappa shape index (κ2) is 9.59. The molecule has 0 saturated carbocycles. The lowest BCUT2D eigenvalue weighted by Crippen LogP contribution is -2.29. The molecule has 0 saturated heterocycles. The summed E-state index contributed by atoms with van der Waals surface area (Å²) >= 11 is 5.86. The molecule has 6 nitrogen and oxygen atoms in total. The van der Waals surface area contributed by atoms with Crippen molar-refractivity contribution < 1.29 is 44.8 Å². The van der Waals surface area contributed by atoms with Gasteiger partial charge in [-0.3, -0.25) is 4.39 Å². The first-order chi connectivity index (χ1) is 13.4. The van der Waals surface area contributed by atoms with Gasteiger partial charge in [0.05, 0.1) is 13.8 Å². The highest BCUT2D eigenvalue weighted by molar-refractivity contribution is 7.88. The van der Waals surface area contributed by atoms with Crippen molar-refractivity contribution in [2.75, 3.05) is 13.8 Å². The van der Waals surface area contributed by atoms with E-state index in [1.165, 1.54) is 38.1 Å². The van der Waals surface area contributed by atoms with Crippen LogP contribution in [0.5, 0.6) is 5.75 Å². The van der Waals surface area contributed by atoms with Crippen molar-refractivity contribution in [2.24, 2.45) is 0 Å². The lowest BCUT2D eigenvalue weighted by Gasteiger charge is -2.20. The first-order valence-electron chi connectivity index (χ1n) is 7.85. The molecular weight excluding hydrogens is 444 g/mol. The van der Waals surface area contributed by atoms with Crippen LogP contribution in [-0.4, -0.2) is 38.8 Å². The number of halogens is 5. The van der Waals surface area contributed by atoms with Crippen LogP contribution in [-0.2, 0) is 19.6 Å². The summed E-state index contributed by atoms with van der Waals surface area (Å²) in [6.45, 7) is 2.73. The zero-order chi connectivity index (χ0) is 22.6. The molecule has 0 aromatic heterocycles. The molecule has 1 N–H and O–H groups in total. The number of aliphatic hydroxyl groups is 1. The maximum Gasteiger partial charge on any atom is 0.534 e. The predicted octanol–water partition coefficient (Wildman–Crippen LogP) is 4.21. The van der Waals surface area contributed by atoms with Gasteiger partial charge in [-0.1, -0.05) is 17.7 Å². The second-order valence-corrected chi connectivity index (χ2v) is 7.41. The van der Waals surface area contributed by atoms with Crippen LogP contribution in [0.3, 0.4) is 0 Å². The predicted molar refractivity (Wildman–Crippen MR) is 97.9 cm³/mol. The molecule has 29 heavy (non-hydrogen) atoms. The van der Waals surface area contributed by atoms with Crippen LogP contribution in [0.25, 0.3) is 10.8 Å². The number of esters is 1. The van der Waals surface area contributed by atoms with Gasteiger partial charge in [0.2, 0.25) is 0 Å². The van der Waals surface area contributed by atoms with Gasteiger partial charge in [0, 0.05) is 16.0 Å². The Labute approximate surface area is 169 Å². The Hall–Kier alpha value is -2.11. The normalized spacial score (nSPS) is 12.7. The first-order valence-corrected chi connectivity index (χ1v) is 9.63. The number of aliphatic hydroxyl groups excluding tert-OH is 1. The molecule has 162 valence electrons. The molecule has 1 atom stereocenters. The highest BCUT2D eigenvalue weighted by atomic mass is 35.5. The molecule has 12 heteroatoms. The largest absolute Gasteiger partial charge is 0.534 e. The minimum Gasteiger partial charge on any atom is -0.464 e. The Morgan fingerprint density at radius 2 is 1.83 bits per heavy atom. The van der Waals surface area contributed by atoms with Crippen molar-refractivity contribution in [3.8, 4) is 5.75 Å². The molecule has 1 unspecified atom stereocenters. The van der Waals surface area contributed by atoms with Gasteiger partial charge < -0.3 is 14.0 Å². The third kappa shape index (κ3) is 5.49. The van der Waals surface area contributed by atoms with Crippen LogP contribution in [0, 0.1) is 6.92 Å². The fourth-order valence-corrected chi connectivity index (χ4v) is 3.09. The maximum atomic E-state index is 12.8. The molecule has 0 spiro atoms. The number of carbonyl (C=O) groups excluding carboxylic acids is 1. The van der Waals surface area contributed by atoms with Gasteiger partial charge in [-0.15, -0.1) is 0 Å². The summed E-state index contributed by atoms with van der Waals surface area (Å²) in [6.07, 6.45) is -2.05. The lowest BCUT2D eigenvalue weighted by atomic mass is 9.96. The third-order valence-electron chi connectivity index (χ3n) is 3.56. The lowest BCUT2D eigenvalue weighted by molar-refractivity contribution is -0.153. The Balaban J connectivity index is 0.00000204. The average Bonchev–Trinajstić information content (AvgIpc) is 2.61. The van der Waals surface area contributed by atoms with Crippen molar-refractivity contribution in [1.82, 2.24) is 0 Å². The van der Waals surface area contributed by atoms with Crippen LogP contribution < -0.4 is 4.18 Å². The van der Waals surface area contributed by atoms with Crippen LogP contribution >= 0.6 is 11.6 Å². The molecule has 0 heterocycles. The van der Waals surface area contributed by atoms with E-state index in [4.69, 9.17) is 11.6 Å². The minimum absolute atomic E-state index is 0.0869. The highest BCUT2D eigenvalue weighted by Crippen LogP contribution is 2.40. The third-order valence-corrected chi connectivity index (χ3v) is 4.75. The molecule has 0 amide bonds. The quantitative estimate of drug-likeness (QED) is 0.311. The van der Waals surface area contributed by atoms with Crippen LogP contribution in [0.1, 0.15) is 24.2 Å². The molecule has 0 aliphatic rings. The minimum atomic E-state index is -6.06. The monoisotopic (exact) mass is 460 g/mol. The molecule has 2 rings (SSSR count). The maximum absolute atomic E-state index is 12.8. The van der Waals surface area contributed by atoms with E-state index in [1.54, 1.807) is 0 Å². The van der Waals surface area contributed by atoms with E-state index in [0.29, 0.717) is 7.18 Å². The Bertz CT molecular complexity index is 992. The Morgan fingerprint density at radius 3 is 2.34 bits per heavy atom. The zero-order valence-corrected chi connectivity index (χ0v) is 17.0. The average molecular weight is 461 g/mol. The molecular formula is C17H17ClF4O6S. The topological polar surface area (TPSA) is 89.9 Å². The standard InChI is InChI=1S/C16H14ClF3O6S.CH3F/c1-3-25-15(22)13(21)12-8(2)6-9-7-10(17)4-5-11(9)14(12)26-27(23,24)16(18,19)20;1-2/h4-7,13,21H,3H2,1-2H3;1H3. The number of rotatable bonds is 5.